The lowest BCUT2D eigenvalue weighted by Gasteiger charge is -2.20. The van der Waals surface area contributed by atoms with Crippen LogP contribution in [0.3, 0.4) is 0 Å². The Morgan fingerprint density at radius 3 is 2.78 bits per heavy atom. The minimum Gasteiger partial charge on any atom is -0.336 e. The van der Waals surface area contributed by atoms with Crippen molar-refractivity contribution >= 4 is 11.9 Å². The Balaban J connectivity index is 2.01. The third-order valence-corrected chi connectivity index (χ3v) is 3.24. The van der Waals surface area contributed by atoms with Crippen LogP contribution in [-0.2, 0) is 11.3 Å². The van der Waals surface area contributed by atoms with Gasteiger partial charge in [-0.25, -0.2) is 9.78 Å². The lowest BCUT2D eigenvalue weighted by Crippen LogP contribution is -2.43. The summed E-state index contributed by atoms with van der Waals surface area (Å²) in [5.41, 5.74) is -0.735. The van der Waals surface area contributed by atoms with Gasteiger partial charge in [0.05, 0.1) is 6.33 Å². The fraction of sp³-hybridized carbons (Fsp3) is 0.583. The van der Waals surface area contributed by atoms with Crippen LogP contribution in [0.2, 0.25) is 0 Å². The summed E-state index contributed by atoms with van der Waals surface area (Å²) >= 11 is 0. The number of aromatic nitrogens is 2. The van der Waals surface area contributed by atoms with Crippen LogP contribution in [-0.4, -0.2) is 38.5 Å². The molecule has 0 spiro atoms. The summed E-state index contributed by atoms with van der Waals surface area (Å²) < 4.78 is 1.84. The van der Waals surface area contributed by atoms with Gasteiger partial charge in [-0.2, -0.15) is 0 Å². The normalized spacial score (nSPS) is 23.6. The zero-order valence-corrected chi connectivity index (χ0v) is 10.7. The molecule has 3 amide bonds. The standard InChI is InChI=1S/C12H18N4O2/c1-3-4-12(2)10(17)16(11(18)14-12)8-7-15-6-5-13-9-15/h5-6,9H,3-4,7-8H2,1-2H3,(H,14,18)/t12-/m1/s1. The highest BCUT2D eigenvalue weighted by Crippen LogP contribution is 2.22. The topological polar surface area (TPSA) is 67.2 Å². The molecule has 1 atom stereocenters. The first kappa shape index (κ1) is 12.6. The molecular weight excluding hydrogens is 232 g/mol. The van der Waals surface area contributed by atoms with Crippen molar-refractivity contribution in [2.75, 3.05) is 6.54 Å². The molecule has 1 aromatic rings. The van der Waals surface area contributed by atoms with E-state index < -0.39 is 5.54 Å². The average molecular weight is 250 g/mol. The van der Waals surface area contributed by atoms with Gasteiger partial charge in [-0.3, -0.25) is 9.69 Å². The van der Waals surface area contributed by atoms with Gasteiger partial charge in [0.2, 0.25) is 0 Å². The predicted molar refractivity (Wildman–Crippen MR) is 65.8 cm³/mol. The fourth-order valence-corrected chi connectivity index (χ4v) is 2.25. The highest BCUT2D eigenvalue weighted by Gasteiger charge is 2.46. The second-order valence-electron chi connectivity index (χ2n) is 4.77. The van der Waals surface area contributed by atoms with Crippen molar-refractivity contribution < 1.29 is 9.59 Å². The van der Waals surface area contributed by atoms with Crippen LogP contribution in [0, 0.1) is 0 Å². The van der Waals surface area contributed by atoms with Gasteiger partial charge in [0.1, 0.15) is 5.54 Å². The monoisotopic (exact) mass is 250 g/mol. The van der Waals surface area contributed by atoms with Gasteiger partial charge in [0, 0.05) is 25.5 Å². The third-order valence-electron chi connectivity index (χ3n) is 3.24. The number of nitrogens with one attached hydrogen (secondary N) is 1. The molecule has 1 aliphatic rings. The van der Waals surface area contributed by atoms with E-state index in [1.54, 1.807) is 19.4 Å². The van der Waals surface area contributed by atoms with Crippen molar-refractivity contribution in [3.8, 4) is 0 Å². The quantitative estimate of drug-likeness (QED) is 0.792. The zero-order chi connectivity index (χ0) is 13.2. The molecular formula is C12H18N4O2. The highest BCUT2D eigenvalue weighted by molar-refractivity contribution is 6.06. The minimum atomic E-state index is -0.735. The maximum atomic E-state index is 12.2. The first-order valence-corrected chi connectivity index (χ1v) is 6.16. The molecule has 1 N–H and O–H groups in total. The van der Waals surface area contributed by atoms with Crippen molar-refractivity contribution in [2.24, 2.45) is 0 Å². The van der Waals surface area contributed by atoms with Gasteiger partial charge in [-0.15, -0.1) is 0 Å². The summed E-state index contributed by atoms with van der Waals surface area (Å²) in [5.74, 6) is -0.130. The number of carbonyl (C=O) groups is 2. The van der Waals surface area contributed by atoms with Crippen molar-refractivity contribution in [1.82, 2.24) is 19.8 Å². The van der Waals surface area contributed by atoms with E-state index in [4.69, 9.17) is 0 Å². The van der Waals surface area contributed by atoms with E-state index in [1.807, 2.05) is 17.7 Å². The van der Waals surface area contributed by atoms with Crippen molar-refractivity contribution in [3.05, 3.63) is 18.7 Å². The smallest absolute Gasteiger partial charge is 0.325 e. The lowest BCUT2D eigenvalue weighted by atomic mass is 9.96. The molecule has 0 unspecified atom stereocenters. The Hall–Kier alpha value is -1.85. The van der Waals surface area contributed by atoms with Gasteiger partial charge >= 0.3 is 6.03 Å². The van der Waals surface area contributed by atoms with Gasteiger partial charge in [-0.1, -0.05) is 13.3 Å². The van der Waals surface area contributed by atoms with Crippen LogP contribution in [0.4, 0.5) is 4.79 Å². The van der Waals surface area contributed by atoms with E-state index in [1.165, 1.54) is 4.90 Å². The Morgan fingerprint density at radius 1 is 1.39 bits per heavy atom. The maximum absolute atomic E-state index is 12.2. The molecule has 0 radical (unpaired) electrons. The number of imide groups is 1. The predicted octanol–water partition coefficient (Wildman–Crippen LogP) is 0.994. The zero-order valence-electron chi connectivity index (χ0n) is 10.7. The van der Waals surface area contributed by atoms with Crippen molar-refractivity contribution in [3.63, 3.8) is 0 Å². The molecule has 0 aliphatic carbocycles. The Kier molecular flexibility index (Phi) is 3.36. The second kappa shape index (κ2) is 4.80. The van der Waals surface area contributed by atoms with E-state index in [-0.39, 0.29) is 11.9 Å². The molecule has 0 bridgehead atoms. The molecule has 0 saturated carbocycles. The summed E-state index contributed by atoms with van der Waals surface area (Å²) in [7, 11) is 0. The Labute approximate surface area is 106 Å². The van der Waals surface area contributed by atoms with Crippen LogP contribution in [0.1, 0.15) is 26.7 Å². The number of nitrogens with zero attached hydrogens (tertiary/aromatic N) is 3. The van der Waals surface area contributed by atoms with Crippen LogP contribution in [0.15, 0.2) is 18.7 Å². The van der Waals surface area contributed by atoms with E-state index in [9.17, 15) is 9.59 Å². The molecule has 1 fully saturated rings. The molecule has 1 saturated heterocycles. The van der Waals surface area contributed by atoms with Crippen molar-refractivity contribution in [2.45, 2.75) is 38.8 Å². The molecule has 98 valence electrons. The highest BCUT2D eigenvalue weighted by atomic mass is 16.2. The van der Waals surface area contributed by atoms with Crippen molar-refractivity contribution in [1.29, 1.82) is 0 Å². The first-order valence-electron chi connectivity index (χ1n) is 6.16. The SMILES string of the molecule is CCC[C@@]1(C)NC(=O)N(CCn2ccnc2)C1=O. The largest absolute Gasteiger partial charge is 0.336 e. The first-order chi connectivity index (χ1) is 8.57. The summed E-state index contributed by atoms with van der Waals surface area (Å²) in [6, 6.07) is -0.295. The molecule has 1 aliphatic heterocycles. The molecule has 6 nitrogen and oxygen atoms in total. The minimum absolute atomic E-state index is 0.130. The van der Waals surface area contributed by atoms with E-state index >= 15 is 0 Å². The second-order valence-corrected chi connectivity index (χ2v) is 4.77. The molecule has 2 heterocycles. The lowest BCUT2D eigenvalue weighted by molar-refractivity contribution is -0.131. The molecule has 0 aromatic carbocycles. The summed E-state index contributed by atoms with van der Waals surface area (Å²) in [6.07, 6.45) is 6.68. The van der Waals surface area contributed by atoms with Crippen LogP contribution in [0.5, 0.6) is 0 Å². The van der Waals surface area contributed by atoms with Gasteiger partial charge in [-0.05, 0) is 13.3 Å². The number of hydrogen-bond acceptors (Lipinski definition) is 3. The summed E-state index contributed by atoms with van der Waals surface area (Å²) in [5, 5.41) is 2.77. The van der Waals surface area contributed by atoms with Gasteiger partial charge < -0.3 is 9.88 Å². The number of hydrogen-bond donors (Lipinski definition) is 1. The van der Waals surface area contributed by atoms with Crippen LogP contribution < -0.4 is 5.32 Å². The summed E-state index contributed by atoms with van der Waals surface area (Å²) in [4.78, 5) is 29.2. The molecule has 6 heteroatoms. The van der Waals surface area contributed by atoms with Gasteiger partial charge in [0.25, 0.3) is 5.91 Å². The molecule has 2 rings (SSSR count). The average Bonchev–Trinajstić information content (AvgIpc) is 2.88. The third kappa shape index (κ3) is 2.23. The number of rotatable bonds is 5. The van der Waals surface area contributed by atoms with Crippen LogP contribution in [0.25, 0.3) is 0 Å². The summed E-state index contributed by atoms with van der Waals surface area (Å²) in [6.45, 7) is 4.73. The van der Waals surface area contributed by atoms with E-state index in [0.717, 1.165) is 6.42 Å². The fourth-order valence-electron chi connectivity index (χ4n) is 2.25. The number of imidazole rings is 1. The number of amides is 3. The Bertz CT molecular complexity index is 443. The number of urea groups is 1. The molecule has 1 aromatic heterocycles. The van der Waals surface area contributed by atoms with E-state index in [0.29, 0.717) is 19.5 Å². The van der Waals surface area contributed by atoms with Crippen LogP contribution >= 0.6 is 0 Å². The maximum Gasteiger partial charge on any atom is 0.325 e. The van der Waals surface area contributed by atoms with E-state index in [2.05, 4.69) is 10.3 Å². The Morgan fingerprint density at radius 2 is 2.17 bits per heavy atom. The molecule has 18 heavy (non-hydrogen) atoms. The van der Waals surface area contributed by atoms with Gasteiger partial charge in [0.15, 0.2) is 0 Å². The number of carbonyl (C=O) groups excluding carboxylic acids is 2.